The summed E-state index contributed by atoms with van der Waals surface area (Å²) in [7, 11) is 3.15. The van der Waals surface area contributed by atoms with Gasteiger partial charge in [0.25, 0.3) is 0 Å². The van der Waals surface area contributed by atoms with Crippen LogP contribution in [0.25, 0.3) is 11.1 Å². The van der Waals surface area contributed by atoms with Crippen LogP contribution in [0.2, 0.25) is 0 Å². The first kappa shape index (κ1) is 10.5. The molecule has 0 unspecified atom stereocenters. The first-order valence-electron chi connectivity index (χ1n) is 4.75. The van der Waals surface area contributed by atoms with Crippen LogP contribution in [0.1, 0.15) is 0 Å². The number of aromatic nitrogens is 2. The number of nitrogens with zero attached hydrogens (tertiary/aromatic N) is 2. The maximum Gasteiger partial charge on any atom is 0.165 e. The smallest absolute Gasteiger partial charge is 0.165 e. The molecule has 0 fully saturated rings. The van der Waals surface area contributed by atoms with Crippen molar-refractivity contribution in [1.29, 1.82) is 0 Å². The Hall–Kier alpha value is -2.04. The van der Waals surface area contributed by atoms with Crippen LogP contribution in [0.15, 0.2) is 24.4 Å². The Kier molecular flexibility index (Phi) is 2.52. The molecule has 0 aliphatic carbocycles. The van der Waals surface area contributed by atoms with Crippen LogP contribution in [0.3, 0.4) is 0 Å². The first-order valence-corrected chi connectivity index (χ1v) is 4.75. The van der Waals surface area contributed by atoms with E-state index in [2.05, 4.69) is 5.10 Å². The molecule has 5 heteroatoms. The highest BCUT2D eigenvalue weighted by molar-refractivity contribution is 5.78. The molecule has 1 aromatic heterocycles. The average molecular weight is 221 g/mol. The molecule has 1 heterocycles. The molecule has 0 aliphatic rings. The normalized spacial score (nSPS) is 10.4. The first-order chi connectivity index (χ1) is 7.65. The van der Waals surface area contributed by atoms with Gasteiger partial charge in [0.1, 0.15) is 5.82 Å². The second-order valence-corrected chi connectivity index (χ2v) is 3.39. The van der Waals surface area contributed by atoms with Gasteiger partial charge in [-0.2, -0.15) is 5.10 Å². The van der Waals surface area contributed by atoms with Crippen LogP contribution in [-0.2, 0) is 7.05 Å². The molecule has 16 heavy (non-hydrogen) atoms. The predicted molar refractivity (Wildman–Crippen MR) is 59.6 cm³/mol. The summed E-state index contributed by atoms with van der Waals surface area (Å²) in [6, 6.07) is 4.70. The Morgan fingerprint density at radius 3 is 2.69 bits per heavy atom. The van der Waals surface area contributed by atoms with Crippen molar-refractivity contribution >= 4 is 5.82 Å². The summed E-state index contributed by atoms with van der Waals surface area (Å²) in [5.74, 6) is 0.245. The van der Waals surface area contributed by atoms with Gasteiger partial charge >= 0.3 is 0 Å². The summed E-state index contributed by atoms with van der Waals surface area (Å²) in [4.78, 5) is 0. The topological polar surface area (TPSA) is 53.1 Å². The second kappa shape index (κ2) is 3.84. The molecular formula is C11H12FN3O. The molecule has 0 saturated heterocycles. The third-order valence-electron chi connectivity index (χ3n) is 2.45. The minimum absolute atomic E-state index is 0.183. The standard InChI is InChI=1S/C11H12FN3O/c1-15-11(13)8(6-14-15)7-4-3-5-9(12)10(7)16-2/h3-6H,13H2,1-2H3. The Balaban J connectivity index is 2.64. The molecule has 0 spiro atoms. The highest BCUT2D eigenvalue weighted by atomic mass is 19.1. The minimum atomic E-state index is -0.414. The predicted octanol–water partition coefficient (Wildman–Crippen LogP) is 1.82. The van der Waals surface area contributed by atoms with Gasteiger partial charge in [0.05, 0.1) is 13.3 Å². The van der Waals surface area contributed by atoms with Crippen molar-refractivity contribution in [2.45, 2.75) is 0 Å². The quantitative estimate of drug-likeness (QED) is 0.841. The van der Waals surface area contributed by atoms with Crippen molar-refractivity contribution in [2.24, 2.45) is 7.05 Å². The number of nitrogens with two attached hydrogens (primary N) is 1. The monoisotopic (exact) mass is 221 g/mol. The zero-order valence-electron chi connectivity index (χ0n) is 9.07. The lowest BCUT2D eigenvalue weighted by molar-refractivity contribution is 0.388. The molecule has 1 aromatic carbocycles. The molecule has 4 nitrogen and oxygen atoms in total. The minimum Gasteiger partial charge on any atom is -0.493 e. The van der Waals surface area contributed by atoms with Gasteiger partial charge in [0.2, 0.25) is 0 Å². The zero-order valence-corrected chi connectivity index (χ0v) is 9.07. The van der Waals surface area contributed by atoms with E-state index in [-0.39, 0.29) is 5.75 Å². The lowest BCUT2D eigenvalue weighted by Crippen LogP contribution is -1.99. The third kappa shape index (κ3) is 1.50. The fraction of sp³-hybridized carbons (Fsp3) is 0.182. The molecule has 2 aromatic rings. The van der Waals surface area contributed by atoms with E-state index in [9.17, 15) is 4.39 Å². The molecule has 2 N–H and O–H groups in total. The summed E-state index contributed by atoms with van der Waals surface area (Å²) >= 11 is 0. The number of benzene rings is 1. The molecule has 0 radical (unpaired) electrons. The largest absolute Gasteiger partial charge is 0.493 e. The molecule has 0 atom stereocenters. The number of hydrogen-bond acceptors (Lipinski definition) is 3. The van der Waals surface area contributed by atoms with Gasteiger partial charge in [-0.1, -0.05) is 12.1 Å². The van der Waals surface area contributed by atoms with E-state index in [0.29, 0.717) is 16.9 Å². The fourth-order valence-electron chi connectivity index (χ4n) is 1.58. The number of halogens is 1. The fourth-order valence-corrected chi connectivity index (χ4v) is 1.58. The third-order valence-corrected chi connectivity index (χ3v) is 2.45. The van der Waals surface area contributed by atoms with Gasteiger partial charge in [-0.15, -0.1) is 0 Å². The van der Waals surface area contributed by atoms with Crippen LogP contribution >= 0.6 is 0 Å². The summed E-state index contributed by atoms with van der Waals surface area (Å²) in [6.07, 6.45) is 1.59. The van der Waals surface area contributed by atoms with Gasteiger partial charge in [-0.3, -0.25) is 4.68 Å². The van der Waals surface area contributed by atoms with E-state index < -0.39 is 5.82 Å². The number of aryl methyl sites for hydroxylation is 1. The molecule has 0 amide bonds. The van der Waals surface area contributed by atoms with E-state index in [1.807, 2.05) is 0 Å². The molecular weight excluding hydrogens is 209 g/mol. The Morgan fingerprint density at radius 2 is 2.12 bits per heavy atom. The van der Waals surface area contributed by atoms with Crippen molar-refractivity contribution in [3.63, 3.8) is 0 Å². The number of hydrogen-bond donors (Lipinski definition) is 1. The van der Waals surface area contributed by atoms with Crippen LogP contribution < -0.4 is 10.5 Å². The van der Waals surface area contributed by atoms with Crippen molar-refractivity contribution in [3.05, 3.63) is 30.2 Å². The van der Waals surface area contributed by atoms with Crippen LogP contribution in [0.4, 0.5) is 10.2 Å². The summed E-state index contributed by atoms with van der Waals surface area (Å²) in [5.41, 5.74) is 7.10. The highest BCUT2D eigenvalue weighted by Crippen LogP contribution is 2.34. The van der Waals surface area contributed by atoms with Crippen LogP contribution in [0.5, 0.6) is 5.75 Å². The Labute approximate surface area is 92.4 Å². The van der Waals surface area contributed by atoms with Gasteiger partial charge < -0.3 is 10.5 Å². The van der Waals surface area contributed by atoms with E-state index >= 15 is 0 Å². The second-order valence-electron chi connectivity index (χ2n) is 3.39. The van der Waals surface area contributed by atoms with E-state index in [1.165, 1.54) is 17.9 Å². The van der Waals surface area contributed by atoms with Gasteiger partial charge in [0, 0.05) is 18.2 Å². The van der Waals surface area contributed by atoms with Crippen LogP contribution in [-0.4, -0.2) is 16.9 Å². The Morgan fingerprint density at radius 1 is 1.38 bits per heavy atom. The van der Waals surface area contributed by atoms with E-state index in [4.69, 9.17) is 10.5 Å². The van der Waals surface area contributed by atoms with Gasteiger partial charge in [0.15, 0.2) is 11.6 Å². The summed E-state index contributed by atoms with van der Waals surface area (Å²) < 4.78 is 20.0. The van der Waals surface area contributed by atoms with Crippen LogP contribution in [0, 0.1) is 5.82 Å². The number of methoxy groups -OCH3 is 1. The van der Waals surface area contributed by atoms with Crippen molar-refractivity contribution < 1.29 is 9.13 Å². The maximum atomic E-state index is 13.5. The highest BCUT2D eigenvalue weighted by Gasteiger charge is 2.15. The van der Waals surface area contributed by atoms with Gasteiger partial charge in [-0.05, 0) is 6.07 Å². The molecule has 0 bridgehead atoms. The van der Waals surface area contributed by atoms with Crippen molar-refractivity contribution in [2.75, 3.05) is 12.8 Å². The van der Waals surface area contributed by atoms with Crippen molar-refractivity contribution in [3.8, 4) is 16.9 Å². The van der Waals surface area contributed by atoms with E-state index in [1.54, 1.807) is 25.4 Å². The summed E-state index contributed by atoms with van der Waals surface area (Å²) in [6.45, 7) is 0. The zero-order chi connectivity index (χ0) is 11.7. The summed E-state index contributed by atoms with van der Waals surface area (Å²) in [5, 5.41) is 4.01. The molecule has 2 rings (SSSR count). The lowest BCUT2D eigenvalue weighted by Gasteiger charge is -2.08. The number of ether oxygens (including phenoxy) is 1. The molecule has 0 saturated carbocycles. The average Bonchev–Trinajstić information content (AvgIpc) is 2.59. The molecule has 84 valence electrons. The van der Waals surface area contributed by atoms with Crippen molar-refractivity contribution in [1.82, 2.24) is 9.78 Å². The maximum absolute atomic E-state index is 13.5. The Bertz CT molecular complexity index is 522. The molecule has 0 aliphatic heterocycles. The number of para-hydroxylation sites is 1. The lowest BCUT2D eigenvalue weighted by atomic mass is 10.1. The number of rotatable bonds is 2. The SMILES string of the molecule is COc1c(F)cccc1-c1cnn(C)c1N. The number of nitrogen functional groups attached to an aromatic ring is 1. The van der Waals surface area contributed by atoms with E-state index in [0.717, 1.165) is 0 Å². The van der Waals surface area contributed by atoms with Gasteiger partial charge in [-0.25, -0.2) is 4.39 Å². The number of anilines is 1.